The van der Waals surface area contributed by atoms with Crippen molar-refractivity contribution in [2.45, 2.75) is 27.3 Å². The minimum Gasteiger partial charge on any atom is -0.370 e. The van der Waals surface area contributed by atoms with E-state index in [1.807, 2.05) is 31.2 Å². The van der Waals surface area contributed by atoms with Crippen LogP contribution in [0.3, 0.4) is 0 Å². The number of anilines is 1. The van der Waals surface area contributed by atoms with E-state index in [9.17, 15) is 0 Å². The van der Waals surface area contributed by atoms with E-state index >= 15 is 0 Å². The lowest BCUT2D eigenvalue weighted by Crippen LogP contribution is -2.22. The lowest BCUT2D eigenvalue weighted by atomic mass is 10.1. The molecule has 4 heteroatoms. The average molecular weight is 268 g/mol. The van der Waals surface area contributed by atoms with Gasteiger partial charge in [-0.1, -0.05) is 6.07 Å². The molecule has 0 unspecified atom stereocenters. The Morgan fingerprint density at radius 1 is 1.10 bits per heavy atom. The second kappa shape index (κ2) is 6.19. The Morgan fingerprint density at radius 3 is 2.45 bits per heavy atom. The molecular weight excluding hydrogens is 248 g/mol. The zero-order chi connectivity index (χ0) is 14.5. The van der Waals surface area contributed by atoms with Crippen LogP contribution in [-0.4, -0.2) is 10.9 Å². The monoisotopic (exact) mass is 268 g/mol. The van der Waals surface area contributed by atoms with Crippen molar-refractivity contribution in [1.29, 1.82) is 0 Å². The molecule has 2 rings (SSSR count). The van der Waals surface area contributed by atoms with Gasteiger partial charge in [-0.3, -0.25) is 4.98 Å². The first-order valence-corrected chi connectivity index (χ1v) is 6.60. The largest absolute Gasteiger partial charge is 0.370 e. The maximum absolute atomic E-state index is 5.90. The molecule has 0 amide bonds. The number of aliphatic imine (C=N–C) groups is 1. The van der Waals surface area contributed by atoms with Crippen LogP contribution in [0.25, 0.3) is 0 Å². The van der Waals surface area contributed by atoms with Gasteiger partial charge >= 0.3 is 0 Å². The molecule has 0 saturated carbocycles. The molecule has 104 valence electrons. The number of aryl methyl sites for hydroxylation is 3. The van der Waals surface area contributed by atoms with Crippen LogP contribution < -0.4 is 11.1 Å². The Hall–Kier alpha value is -2.36. The van der Waals surface area contributed by atoms with Crippen molar-refractivity contribution in [1.82, 2.24) is 4.98 Å². The molecule has 1 heterocycles. The molecule has 0 atom stereocenters. The molecule has 0 fully saturated rings. The molecule has 0 aliphatic carbocycles. The van der Waals surface area contributed by atoms with Crippen molar-refractivity contribution < 1.29 is 0 Å². The van der Waals surface area contributed by atoms with E-state index in [0.29, 0.717) is 12.5 Å². The van der Waals surface area contributed by atoms with Gasteiger partial charge in [-0.2, -0.15) is 0 Å². The molecule has 0 bridgehead atoms. The second-order valence-corrected chi connectivity index (χ2v) is 5.03. The lowest BCUT2D eigenvalue weighted by molar-refractivity contribution is 0.979. The molecule has 1 aromatic heterocycles. The van der Waals surface area contributed by atoms with Crippen LogP contribution in [0.1, 0.15) is 22.4 Å². The van der Waals surface area contributed by atoms with Crippen LogP contribution in [0.5, 0.6) is 0 Å². The molecule has 0 aliphatic heterocycles. The zero-order valence-corrected chi connectivity index (χ0v) is 12.1. The van der Waals surface area contributed by atoms with Crippen molar-refractivity contribution >= 4 is 11.6 Å². The van der Waals surface area contributed by atoms with Gasteiger partial charge in [0.05, 0.1) is 12.2 Å². The van der Waals surface area contributed by atoms with Gasteiger partial charge < -0.3 is 11.1 Å². The van der Waals surface area contributed by atoms with Gasteiger partial charge in [-0.05, 0) is 61.7 Å². The van der Waals surface area contributed by atoms with E-state index < -0.39 is 0 Å². The molecule has 2 aromatic rings. The summed E-state index contributed by atoms with van der Waals surface area (Å²) in [6, 6.07) is 10.2. The van der Waals surface area contributed by atoms with Crippen LogP contribution in [-0.2, 0) is 6.54 Å². The first-order chi connectivity index (χ1) is 9.52. The van der Waals surface area contributed by atoms with Crippen molar-refractivity contribution in [3.8, 4) is 0 Å². The maximum atomic E-state index is 5.90. The smallest absolute Gasteiger partial charge is 0.193 e. The van der Waals surface area contributed by atoms with Crippen LogP contribution in [0.4, 0.5) is 5.69 Å². The fraction of sp³-hybridized carbons (Fsp3) is 0.250. The SMILES string of the molecule is Cc1cc(C)cc(NC(N)=NCc2cc(C)ccn2)c1. The van der Waals surface area contributed by atoms with Crippen molar-refractivity contribution in [2.75, 3.05) is 5.32 Å². The quantitative estimate of drug-likeness (QED) is 0.664. The van der Waals surface area contributed by atoms with Crippen LogP contribution in [0.15, 0.2) is 41.5 Å². The second-order valence-electron chi connectivity index (χ2n) is 5.03. The van der Waals surface area contributed by atoms with E-state index in [1.54, 1.807) is 6.20 Å². The average Bonchev–Trinajstić information content (AvgIpc) is 2.35. The number of hydrogen-bond donors (Lipinski definition) is 2. The van der Waals surface area contributed by atoms with E-state index in [4.69, 9.17) is 5.73 Å². The molecule has 3 N–H and O–H groups in total. The van der Waals surface area contributed by atoms with Crippen LogP contribution in [0.2, 0.25) is 0 Å². The van der Waals surface area contributed by atoms with Crippen molar-refractivity contribution in [3.63, 3.8) is 0 Å². The van der Waals surface area contributed by atoms with Gasteiger partial charge in [0.15, 0.2) is 5.96 Å². The fourth-order valence-electron chi connectivity index (χ4n) is 2.09. The molecule has 0 radical (unpaired) electrons. The number of pyridine rings is 1. The third-order valence-corrected chi connectivity index (χ3v) is 2.88. The highest BCUT2D eigenvalue weighted by molar-refractivity contribution is 5.92. The first-order valence-electron chi connectivity index (χ1n) is 6.60. The van der Waals surface area contributed by atoms with E-state index in [1.165, 1.54) is 16.7 Å². The minimum atomic E-state index is 0.401. The van der Waals surface area contributed by atoms with Gasteiger partial charge in [0.2, 0.25) is 0 Å². The van der Waals surface area contributed by atoms with E-state index in [2.05, 4.69) is 35.2 Å². The highest BCUT2D eigenvalue weighted by Gasteiger charge is 1.99. The highest BCUT2D eigenvalue weighted by Crippen LogP contribution is 2.13. The highest BCUT2D eigenvalue weighted by atomic mass is 15.1. The van der Waals surface area contributed by atoms with Gasteiger partial charge in [0, 0.05) is 11.9 Å². The summed E-state index contributed by atoms with van der Waals surface area (Å²) in [4.78, 5) is 8.57. The predicted molar refractivity (Wildman–Crippen MR) is 83.8 cm³/mol. The maximum Gasteiger partial charge on any atom is 0.193 e. The topological polar surface area (TPSA) is 63.3 Å². The Morgan fingerprint density at radius 2 is 1.80 bits per heavy atom. The summed E-state index contributed by atoms with van der Waals surface area (Å²) in [6.45, 7) is 6.63. The van der Waals surface area contributed by atoms with E-state index in [-0.39, 0.29) is 0 Å². The Labute approximate surface area is 119 Å². The standard InChI is InChI=1S/C16H20N4/c1-11-4-5-18-15(7-11)10-19-16(17)20-14-8-12(2)6-13(3)9-14/h4-9H,10H2,1-3H3,(H3,17,19,20). The van der Waals surface area contributed by atoms with Gasteiger partial charge in [0.1, 0.15) is 0 Å². The van der Waals surface area contributed by atoms with Crippen molar-refractivity contribution in [2.24, 2.45) is 10.7 Å². The molecule has 0 aliphatic rings. The normalized spacial score (nSPS) is 11.4. The van der Waals surface area contributed by atoms with Crippen LogP contribution >= 0.6 is 0 Å². The third-order valence-electron chi connectivity index (χ3n) is 2.88. The van der Waals surface area contributed by atoms with Gasteiger partial charge in [0.25, 0.3) is 0 Å². The number of hydrogen-bond acceptors (Lipinski definition) is 2. The third kappa shape index (κ3) is 4.09. The number of rotatable bonds is 3. The van der Waals surface area contributed by atoms with E-state index in [0.717, 1.165) is 11.4 Å². The summed E-state index contributed by atoms with van der Waals surface area (Å²) in [5.74, 6) is 0.401. The minimum absolute atomic E-state index is 0.401. The summed E-state index contributed by atoms with van der Waals surface area (Å²) in [7, 11) is 0. The Balaban J connectivity index is 2.04. The summed E-state index contributed by atoms with van der Waals surface area (Å²) < 4.78 is 0. The Kier molecular flexibility index (Phi) is 4.35. The number of nitrogens with zero attached hydrogens (tertiary/aromatic N) is 2. The molecule has 1 aromatic carbocycles. The molecule has 0 spiro atoms. The number of aromatic nitrogens is 1. The molecule has 0 saturated heterocycles. The lowest BCUT2D eigenvalue weighted by Gasteiger charge is -2.08. The summed E-state index contributed by atoms with van der Waals surface area (Å²) in [5, 5.41) is 3.11. The summed E-state index contributed by atoms with van der Waals surface area (Å²) in [5.41, 5.74) is 11.3. The number of benzene rings is 1. The molecule has 20 heavy (non-hydrogen) atoms. The fourth-order valence-corrected chi connectivity index (χ4v) is 2.09. The predicted octanol–water partition coefficient (Wildman–Crippen LogP) is 2.93. The molecular formula is C16H20N4. The first kappa shape index (κ1) is 14.1. The number of nitrogens with one attached hydrogen (secondary N) is 1. The summed E-state index contributed by atoms with van der Waals surface area (Å²) in [6.07, 6.45) is 1.79. The number of guanidine groups is 1. The van der Waals surface area contributed by atoms with Gasteiger partial charge in [-0.15, -0.1) is 0 Å². The van der Waals surface area contributed by atoms with Gasteiger partial charge in [-0.25, -0.2) is 4.99 Å². The van der Waals surface area contributed by atoms with Crippen LogP contribution in [0, 0.1) is 20.8 Å². The summed E-state index contributed by atoms with van der Waals surface area (Å²) >= 11 is 0. The Bertz CT molecular complexity index is 612. The zero-order valence-electron chi connectivity index (χ0n) is 12.1. The number of nitrogens with two attached hydrogens (primary N) is 1. The molecule has 4 nitrogen and oxygen atoms in total. The van der Waals surface area contributed by atoms with Crippen molar-refractivity contribution in [3.05, 3.63) is 58.9 Å².